The van der Waals surface area contributed by atoms with Crippen molar-refractivity contribution in [3.8, 4) is 0 Å². The van der Waals surface area contributed by atoms with E-state index in [1.165, 1.54) is 23.6 Å². The number of nitrogens with one attached hydrogen (secondary N) is 2. The third kappa shape index (κ3) is 5.52. The minimum Gasteiger partial charge on any atom is -0.314 e. The molecule has 2 N–H and O–H groups in total. The summed E-state index contributed by atoms with van der Waals surface area (Å²) in [5.74, 6) is 0. The quantitative estimate of drug-likeness (QED) is 0.671. The molecule has 10 heteroatoms. The Labute approximate surface area is 142 Å². The summed E-state index contributed by atoms with van der Waals surface area (Å²) in [4.78, 5) is 11.6. The van der Waals surface area contributed by atoms with Crippen LogP contribution in [-0.4, -0.2) is 6.03 Å². The number of hydrogen-bond donors (Lipinski definition) is 2. The van der Waals surface area contributed by atoms with E-state index in [4.69, 9.17) is 0 Å². The molecule has 0 saturated carbocycles. The summed E-state index contributed by atoms with van der Waals surface area (Å²) in [5, 5.41) is 7.71. The average Bonchev–Trinajstić information content (AvgIpc) is 2.98. The lowest BCUT2D eigenvalue weighted by Gasteiger charge is -2.14. The van der Waals surface area contributed by atoms with Crippen molar-refractivity contribution in [3.63, 3.8) is 0 Å². The number of urea groups is 1. The zero-order valence-electron chi connectivity index (χ0n) is 12.2. The molecule has 2 rings (SSSR count). The van der Waals surface area contributed by atoms with Gasteiger partial charge in [0.15, 0.2) is 0 Å². The van der Waals surface area contributed by atoms with E-state index in [0.29, 0.717) is 12.1 Å². The molecule has 0 aliphatic rings. The first-order valence-corrected chi connectivity index (χ1v) is 7.56. The van der Waals surface area contributed by atoms with E-state index in [9.17, 15) is 31.1 Å². The van der Waals surface area contributed by atoms with Gasteiger partial charge in [-0.25, -0.2) is 4.79 Å². The van der Waals surface area contributed by atoms with Crippen molar-refractivity contribution in [1.29, 1.82) is 0 Å². The largest absolute Gasteiger partial charge is 0.416 e. The van der Waals surface area contributed by atoms with Gasteiger partial charge in [-0.3, -0.25) is 0 Å². The minimum absolute atomic E-state index is 0.0143. The second kappa shape index (κ2) is 7.18. The molecule has 134 valence electrons. The van der Waals surface area contributed by atoms with Gasteiger partial charge in [-0.15, -0.1) is 0 Å². The Morgan fingerprint density at radius 2 is 1.60 bits per heavy atom. The number of rotatable bonds is 3. The highest BCUT2D eigenvalue weighted by Gasteiger charge is 2.37. The molecule has 1 heterocycles. The fourth-order valence-electron chi connectivity index (χ4n) is 1.78. The van der Waals surface area contributed by atoms with E-state index in [0.717, 1.165) is 5.56 Å². The van der Waals surface area contributed by atoms with Crippen molar-refractivity contribution in [2.75, 3.05) is 5.32 Å². The van der Waals surface area contributed by atoms with Crippen molar-refractivity contribution >= 4 is 29.1 Å². The Morgan fingerprint density at radius 3 is 2.08 bits per heavy atom. The van der Waals surface area contributed by atoms with Crippen LogP contribution in [0.25, 0.3) is 6.08 Å². The first-order chi connectivity index (χ1) is 11.6. The molecule has 0 saturated heterocycles. The fourth-order valence-corrected chi connectivity index (χ4v) is 2.41. The van der Waals surface area contributed by atoms with Crippen molar-refractivity contribution in [2.45, 2.75) is 12.4 Å². The maximum absolute atomic E-state index is 12.7. The van der Waals surface area contributed by atoms with E-state index < -0.39 is 35.2 Å². The van der Waals surface area contributed by atoms with Crippen LogP contribution in [0.3, 0.4) is 0 Å². The number of carbonyl (C=O) groups is 1. The van der Waals surface area contributed by atoms with Gasteiger partial charge in [0.2, 0.25) is 0 Å². The Balaban J connectivity index is 2.16. The predicted octanol–water partition coefficient (Wildman–Crippen LogP) is 5.58. The number of carbonyl (C=O) groups excluding carboxylic acids is 1. The van der Waals surface area contributed by atoms with Crippen LogP contribution in [-0.2, 0) is 12.4 Å². The zero-order valence-corrected chi connectivity index (χ0v) is 13.0. The van der Waals surface area contributed by atoms with Gasteiger partial charge in [0.05, 0.1) is 11.1 Å². The van der Waals surface area contributed by atoms with Crippen LogP contribution in [0.15, 0.2) is 41.2 Å². The van der Waals surface area contributed by atoms with E-state index in [2.05, 4.69) is 5.32 Å². The van der Waals surface area contributed by atoms with Crippen LogP contribution in [0.2, 0.25) is 0 Å². The summed E-state index contributed by atoms with van der Waals surface area (Å²) < 4.78 is 76.4. The van der Waals surface area contributed by atoms with Gasteiger partial charge >= 0.3 is 18.4 Å². The molecule has 2 aromatic rings. The summed E-state index contributed by atoms with van der Waals surface area (Å²) in [6.07, 6.45) is -7.22. The topological polar surface area (TPSA) is 41.1 Å². The van der Waals surface area contributed by atoms with E-state index >= 15 is 0 Å². The highest BCUT2D eigenvalue weighted by atomic mass is 32.1. The smallest absolute Gasteiger partial charge is 0.314 e. The van der Waals surface area contributed by atoms with Gasteiger partial charge in [-0.05, 0) is 46.7 Å². The van der Waals surface area contributed by atoms with E-state index in [1.807, 2.05) is 5.32 Å². The number of halogens is 6. The molecule has 0 spiro atoms. The molecule has 0 radical (unpaired) electrons. The molecule has 0 aliphatic carbocycles. The Hall–Kier alpha value is -2.49. The Bertz CT molecular complexity index is 733. The summed E-state index contributed by atoms with van der Waals surface area (Å²) in [7, 11) is 0. The van der Waals surface area contributed by atoms with Crippen molar-refractivity contribution < 1.29 is 31.1 Å². The second-order valence-corrected chi connectivity index (χ2v) is 5.56. The lowest BCUT2D eigenvalue weighted by atomic mass is 10.1. The van der Waals surface area contributed by atoms with Crippen molar-refractivity contribution in [1.82, 2.24) is 5.32 Å². The fraction of sp³-hybridized carbons (Fsp3) is 0.133. The molecule has 0 fully saturated rings. The maximum Gasteiger partial charge on any atom is 0.416 e. The molecular formula is C15H10F6N2OS. The summed E-state index contributed by atoms with van der Waals surface area (Å²) in [6, 6.07) is 1.62. The molecule has 1 aromatic heterocycles. The number of thiophene rings is 1. The lowest BCUT2D eigenvalue weighted by molar-refractivity contribution is -0.143. The monoisotopic (exact) mass is 380 g/mol. The van der Waals surface area contributed by atoms with Crippen LogP contribution in [0.4, 0.5) is 36.8 Å². The average molecular weight is 380 g/mol. The van der Waals surface area contributed by atoms with Gasteiger partial charge < -0.3 is 10.6 Å². The van der Waals surface area contributed by atoms with E-state index in [1.54, 1.807) is 16.8 Å². The maximum atomic E-state index is 12.7. The second-order valence-electron chi connectivity index (χ2n) is 4.78. The summed E-state index contributed by atoms with van der Waals surface area (Å²) in [5.41, 5.74) is -2.86. The SMILES string of the molecule is O=C(N/C=C\c1ccsc1)Nc1cc(C(F)(F)F)cc(C(F)(F)F)c1. The lowest BCUT2D eigenvalue weighted by Crippen LogP contribution is -2.24. The minimum atomic E-state index is -4.98. The highest BCUT2D eigenvalue weighted by Crippen LogP contribution is 2.37. The van der Waals surface area contributed by atoms with Gasteiger partial charge in [0, 0.05) is 11.9 Å². The van der Waals surface area contributed by atoms with E-state index in [-0.39, 0.29) is 6.07 Å². The highest BCUT2D eigenvalue weighted by molar-refractivity contribution is 7.08. The van der Waals surface area contributed by atoms with Gasteiger partial charge in [-0.1, -0.05) is 0 Å². The van der Waals surface area contributed by atoms with Gasteiger partial charge in [0.1, 0.15) is 0 Å². The van der Waals surface area contributed by atoms with Crippen molar-refractivity contribution in [2.24, 2.45) is 0 Å². The van der Waals surface area contributed by atoms with Gasteiger partial charge in [-0.2, -0.15) is 37.7 Å². The molecule has 25 heavy (non-hydrogen) atoms. The number of anilines is 1. The third-order valence-corrected chi connectivity index (χ3v) is 3.58. The molecular weight excluding hydrogens is 370 g/mol. The Morgan fingerprint density at radius 1 is 1.00 bits per heavy atom. The molecule has 0 aliphatic heterocycles. The number of alkyl halides is 6. The number of hydrogen-bond acceptors (Lipinski definition) is 2. The van der Waals surface area contributed by atoms with Crippen molar-refractivity contribution in [3.05, 3.63) is 57.9 Å². The normalized spacial score (nSPS) is 12.4. The van der Waals surface area contributed by atoms with Crippen LogP contribution in [0.5, 0.6) is 0 Å². The third-order valence-electron chi connectivity index (χ3n) is 2.88. The Kier molecular flexibility index (Phi) is 5.41. The van der Waals surface area contributed by atoms with Crippen LogP contribution < -0.4 is 10.6 Å². The molecule has 0 unspecified atom stereocenters. The molecule has 1 aromatic carbocycles. The molecule has 0 atom stereocenters. The summed E-state index contributed by atoms with van der Waals surface area (Å²) in [6.45, 7) is 0. The van der Waals surface area contributed by atoms with Crippen LogP contribution >= 0.6 is 11.3 Å². The summed E-state index contributed by atoms with van der Waals surface area (Å²) >= 11 is 1.42. The molecule has 0 bridgehead atoms. The molecule has 3 nitrogen and oxygen atoms in total. The number of benzene rings is 1. The predicted molar refractivity (Wildman–Crippen MR) is 82.0 cm³/mol. The number of amides is 2. The zero-order chi connectivity index (χ0) is 18.7. The van der Waals surface area contributed by atoms with Gasteiger partial charge in [0.25, 0.3) is 0 Å². The van der Waals surface area contributed by atoms with Crippen LogP contribution in [0, 0.1) is 0 Å². The standard InChI is InChI=1S/C15H10F6N2OS/c16-14(17,18)10-5-11(15(19,20)21)7-12(6-10)23-13(24)22-3-1-9-2-4-25-8-9/h1-8H,(H2,22,23,24)/b3-1-. The first kappa shape index (κ1) is 18.8. The molecule has 2 amide bonds. The first-order valence-electron chi connectivity index (χ1n) is 6.61. The van der Waals surface area contributed by atoms with Crippen LogP contribution in [0.1, 0.15) is 16.7 Å².